The number of benzene rings is 2. The maximum atomic E-state index is 13.7. The number of rotatable bonds is 6. The molecule has 1 saturated carbocycles. The van der Waals surface area contributed by atoms with Gasteiger partial charge in [-0.15, -0.1) is 0 Å². The Labute approximate surface area is 206 Å². The largest absolute Gasteiger partial charge is 0.416 e. The zero-order chi connectivity index (χ0) is 26.7. The molecule has 1 aliphatic heterocycles. The molecule has 12 heteroatoms. The fourth-order valence-corrected chi connectivity index (χ4v) is 4.55. The molecule has 198 valence electrons. The summed E-state index contributed by atoms with van der Waals surface area (Å²) in [6.07, 6.45) is -1.99. The van der Waals surface area contributed by atoms with Crippen molar-refractivity contribution in [1.29, 1.82) is 0 Å². The van der Waals surface area contributed by atoms with Gasteiger partial charge in [0, 0.05) is 25.4 Å². The van der Waals surface area contributed by atoms with E-state index in [0.717, 1.165) is 31.2 Å². The van der Waals surface area contributed by atoms with Gasteiger partial charge in [0.2, 0.25) is 6.41 Å². The Morgan fingerprint density at radius 3 is 2.36 bits per heavy atom. The maximum Gasteiger partial charge on any atom is 0.416 e. The van der Waals surface area contributed by atoms with Crippen molar-refractivity contribution in [2.45, 2.75) is 42.5 Å². The van der Waals surface area contributed by atoms with Crippen LogP contribution in [0, 0.1) is 11.7 Å². The Hall–Kier alpha value is -3.02. The summed E-state index contributed by atoms with van der Waals surface area (Å²) in [5.74, 6) is -1.14. The van der Waals surface area contributed by atoms with Crippen molar-refractivity contribution < 1.29 is 41.4 Å². The number of hydrogen-bond acceptors (Lipinski definition) is 4. The first-order valence-corrected chi connectivity index (χ1v) is 13.0. The highest BCUT2D eigenvalue weighted by atomic mass is 32.2. The van der Waals surface area contributed by atoms with E-state index in [4.69, 9.17) is 0 Å². The molecular weight excluding hydrogens is 507 g/mol. The van der Waals surface area contributed by atoms with E-state index in [1.54, 1.807) is 6.07 Å². The lowest BCUT2D eigenvalue weighted by Gasteiger charge is -2.17. The lowest BCUT2D eigenvalue weighted by atomic mass is 10.00. The highest BCUT2D eigenvalue weighted by Gasteiger charge is 2.36. The average molecular weight is 535 g/mol. The van der Waals surface area contributed by atoms with Crippen LogP contribution in [0.2, 0.25) is 0 Å². The van der Waals surface area contributed by atoms with E-state index in [2.05, 4.69) is 5.32 Å². The van der Waals surface area contributed by atoms with Gasteiger partial charge in [0.25, 0.3) is 5.91 Å². The summed E-state index contributed by atoms with van der Waals surface area (Å²) >= 11 is 0. The molecule has 0 radical (unpaired) electrons. The number of hydrogen-bond donors (Lipinski definition) is 1. The van der Waals surface area contributed by atoms with Crippen molar-refractivity contribution in [1.82, 2.24) is 10.2 Å². The zero-order valence-corrected chi connectivity index (χ0v) is 20.1. The Morgan fingerprint density at radius 1 is 1.17 bits per heavy atom. The van der Waals surface area contributed by atoms with E-state index in [-0.39, 0.29) is 35.8 Å². The minimum atomic E-state index is -4.56. The summed E-state index contributed by atoms with van der Waals surface area (Å²) in [6.45, 7) is 0.463. The molecule has 2 aromatic carbocycles. The van der Waals surface area contributed by atoms with E-state index < -0.39 is 39.6 Å². The fraction of sp³-hybridized carbons (Fsp3) is 0.417. The second kappa shape index (κ2) is 10.9. The number of carbonyl (C=O) groups excluding carboxylic acids is 2. The van der Waals surface area contributed by atoms with Crippen LogP contribution >= 0.6 is 0 Å². The van der Waals surface area contributed by atoms with Gasteiger partial charge in [0.15, 0.2) is 9.84 Å². The van der Waals surface area contributed by atoms with Crippen molar-refractivity contribution in [3.63, 3.8) is 0 Å². The molecule has 2 amide bonds. The van der Waals surface area contributed by atoms with Gasteiger partial charge in [-0.25, -0.2) is 17.2 Å². The molecule has 6 nitrogen and oxygen atoms in total. The van der Waals surface area contributed by atoms with Gasteiger partial charge in [0.1, 0.15) is 12.0 Å². The fourth-order valence-electron chi connectivity index (χ4n) is 3.88. The van der Waals surface area contributed by atoms with Crippen LogP contribution in [0.4, 0.5) is 22.0 Å². The van der Waals surface area contributed by atoms with Crippen LogP contribution in [0.5, 0.6) is 0 Å². The molecule has 2 aromatic rings. The highest BCUT2D eigenvalue weighted by molar-refractivity contribution is 7.90. The number of carbonyl (C=O) groups is 2. The van der Waals surface area contributed by atoms with Crippen LogP contribution in [-0.4, -0.2) is 51.2 Å². The molecule has 1 saturated heterocycles. The summed E-state index contributed by atoms with van der Waals surface area (Å²) in [5.41, 5.74) is -0.631. The minimum absolute atomic E-state index is 0. The first-order valence-electron chi connectivity index (χ1n) is 11.1. The average Bonchev–Trinajstić information content (AvgIpc) is 3.56. The molecule has 2 fully saturated rings. The minimum Gasteiger partial charge on any atom is -0.351 e. The lowest BCUT2D eigenvalue weighted by Crippen LogP contribution is -2.29. The third-order valence-electron chi connectivity index (χ3n) is 5.93. The highest BCUT2D eigenvalue weighted by Crippen LogP contribution is 2.42. The monoisotopic (exact) mass is 534 g/mol. The lowest BCUT2D eigenvalue weighted by molar-refractivity contribution is -0.137. The number of nitrogens with one attached hydrogen (secondary N) is 1. The van der Waals surface area contributed by atoms with Gasteiger partial charge < -0.3 is 10.2 Å². The van der Waals surface area contributed by atoms with Gasteiger partial charge in [-0.2, -0.15) is 13.2 Å². The third kappa shape index (κ3) is 7.02. The van der Waals surface area contributed by atoms with Crippen LogP contribution < -0.4 is 5.32 Å². The molecule has 0 aromatic heterocycles. The van der Waals surface area contributed by atoms with E-state index >= 15 is 0 Å². The van der Waals surface area contributed by atoms with Crippen molar-refractivity contribution in [2.24, 2.45) is 5.92 Å². The van der Waals surface area contributed by atoms with Gasteiger partial charge in [-0.1, -0.05) is 12.1 Å². The molecule has 2 atom stereocenters. The van der Waals surface area contributed by atoms with Crippen molar-refractivity contribution >= 4 is 22.2 Å². The predicted molar refractivity (Wildman–Crippen MR) is 123 cm³/mol. The molecule has 0 unspecified atom stereocenters. The van der Waals surface area contributed by atoms with E-state index in [1.165, 1.54) is 23.1 Å². The van der Waals surface area contributed by atoms with Crippen LogP contribution in [0.25, 0.3) is 0 Å². The second-order valence-electron chi connectivity index (χ2n) is 8.77. The topological polar surface area (TPSA) is 83.6 Å². The molecule has 0 bridgehead atoms. The van der Waals surface area contributed by atoms with Crippen molar-refractivity contribution in [3.8, 4) is 0 Å². The van der Waals surface area contributed by atoms with E-state index in [9.17, 15) is 40.0 Å². The molecular formula is C24H27F5N2O4S. The first kappa shape index (κ1) is 27.6. The second-order valence-corrected chi connectivity index (χ2v) is 10.8. The predicted octanol–water partition coefficient (Wildman–Crippen LogP) is 4.56. The zero-order valence-electron chi connectivity index (χ0n) is 19.3. The normalized spacial score (nSPS) is 18.7. The Balaban J connectivity index is 0.000000253. The molecule has 4 rings (SSSR count). The van der Waals surface area contributed by atoms with Crippen molar-refractivity contribution in [3.05, 3.63) is 65.0 Å². The molecule has 1 N–H and O–H groups in total. The summed E-state index contributed by atoms with van der Waals surface area (Å²) < 4.78 is 86.7. The van der Waals surface area contributed by atoms with Crippen LogP contribution in [0.3, 0.4) is 0 Å². The van der Waals surface area contributed by atoms with Gasteiger partial charge >= 0.3 is 6.18 Å². The van der Waals surface area contributed by atoms with Gasteiger partial charge in [0.05, 0.1) is 23.0 Å². The number of amides is 2. The standard InChI is InChI=1S/C12H11F4NO.C12H14FNO3S.H2/c13-10-5-8(12(14,15)16)3-4-9(10)11(17-6-18)7-1-2-7;1-18(16,17)11-4-2-3-9(7-11)12(15)14-6-5-10(13)8-14;/h3-7,11H,1-2H2,(H,17,18);2-4,7,10H,5-6,8H2,1H3;1H/t11-;10-;/m11./s1. The Kier molecular flexibility index (Phi) is 8.37. The quantitative estimate of drug-likeness (QED) is 0.435. The molecule has 1 heterocycles. The first-order chi connectivity index (χ1) is 16.8. The number of halogens is 5. The molecule has 0 spiro atoms. The van der Waals surface area contributed by atoms with E-state index in [1.807, 2.05) is 0 Å². The Bertz CT molecular complexity index is 1220. The molecule has 2 aliphatic rings. The van der Waals surface area contributed by atoms with Crippen LogP contribution in [0.15, 0.2) is 47.4 Å². The summed E-state index contributed by atoms with van der Waals surface area (Å²) in [6, 6.07) is 7.70. The molecule has 36 heavy (non-hydrogen) atoms. The smallest absolute Gasteiger partial charge is 0.351 e. The van der Waals surface area contributed by atoms with Gasteiger partial charge in [-0.3, -0.25) is 9.59 Å². The number of sulfone groups is 1. The maximum absolute atomic E-state index is 13.7. The number of likely N-dealkylation sites (tertiary alicyclic amines) is 1. The SMILES string of the molecule is CS(=O)(=O)c1cccc(C(=O)N2CC[C@@H](F)C2)c1.O=CN[C@@H](c1ccc(C(F)(F)F)cc1F)C1CC1.[HH]. The van der Waals surface area contributed by atoms with E-state index in [0.29, 0.717) is 25.4 Å². The summed E-state index contributed by atoms with van der Waals surface area (Å²) in [7, 11) is -3.34. The van der Waals surface area contributed by atoms with Crippen LogP contribution in [0.1, 0.15) is 48.2 Å². The molecule has 1 aliphatic carbocycles. The number of alkyl halides is 4. The van der Waals surface area contributed by atoms with Crippen molar-refractivity contribution in [2.75, 3.05) is 19.3 Å². The van der Waals surface area contributed by atoms with Crippen LogP contribution in [-0.2, 0) is 20.8 Å². The number of nitrogens with zero attached hydrogens (tertiary/aromatic N) is 1. The Morgan fingerprint density at radius 2 is 1.86 bits per heavy atom. The third-order valence-corrected chi connectivity index (χ3v) is 7.04. The summed E-state index contributed by atoms with van der Waals surface area (Å²) in [5, 5.41) is 2.46. The van der Waals surface area contributed by atoms with Gasteiger partial charge in [-0.05, 0) is 55.5 Å². The summed E-state index contributed by atoms with van der Waals surface area (Å²) in [4.78, 5) is 24.0.